The second-order valence-corrected chi connectivity index (χ2v) is 4.04. The number of hydrogen-bond donors (Lipinski definition) is 1. The number of nitrogens with zero attached hydrogens (tertiary/aromatic N) is 1. The van der Waals surface area contributed by atoms with Gasteiger partial charge in [0.05, 0.1) is 12.8 Å². The normalized spacial score (nSPS) is 10.6. The van der Waals surface area contributed by atoms with E-state index in [2.05, 4.69) is 4.98 Å². The summed E-state index contributed by atoms with van der Waals surface area (Å²) < 4.78 is 7.11. The first-order valence-electron chi connectivity index (χ1n) is 4.92. The van der Waals surface area contributed by atoms with Gasteiger partial charge in [-0.25, -0.2) is 0 Å². The summed E-state index contributed by atoms with van der Waals surface area (Å²) in [6.45, 7) is 3.98. The summed E-state index contributed by atoms with van der Waals surface area (Å²) in [4.78, 5) is 15.0. The molecular weight excluding hydrogens is 224 g/mol. The van der Waals surface area contributed by atoms with E-state index in [0.717, 1.165) is 5.69 Å². The van der Waals surface area contributed by atoms with E-state index in [1.807, 2.05) is 13.0 Å². The maximum atomic E-state index is 12.0. The van der Waals surface area contributed by atoms with Crippen LogP contribution in [0.3, 0.4) is 0 Å². The monoisotopic (exact) mass is 236 g/mol. The SMILES string of the molecule is Cc1[nH]c(=S)n(Cc2ccco2)c(=O)c1C. The topological polar surface area (TPSA) is 50.9 Å². The molecule has 0 spiro atoms. The fourth-order valence-corrected chi connectivity index (χ4v) is 1.78. The molecule has 0 radical (unpaired) electrons. The Morgan fingerprint density at radius 1 is 1.50 bits per heavy atom. The number of H-pyrrole nitrogens is 1. The number of aryl methyl sites for hydroxylation is 1. The summed E-state index contributed by atoms with van der Waals surface area (Å²) in [7, 11) is 0. The Morgan fingerprint density at radius 2 is 2.25 bits per heavy atom. The fourth-order valence-electron chi connectivity index (χ4n) is 1.48. The molecule has 0 amide bonds. The zero-order valence-corrected chi connectivity index (χ0v) is 9.93. The second-order valence-electron chi connectivity index (χ2n) is 3.65. The Hall–Kier alpha value is -1.62. The molecule has 16 heavy (non-hydrogen) atoms. The lowest BCUT2D eigenvalue weighted by atomic mass is 10.3. The van der Waals surface area contributed by atoms with Gasteiger partial charge in [-0.3, -0.25) is 9.36 Å². The molecule has 5 heteroatoms. The third-order valence-corrected chi connectivity index (χ3v) is 2.88. The zero-order valence-electron chi connectivity index (χ0n) is 9.11. The van der Waals surface area contributed by atoms with Crippen LogP contribution >= 0.6 is 12.2 Å². The first-order chi connectivity index (χ1) is 7.59. The fraction of sp³-hybridized carbons (Fsp3) is 0.273. The molecule has 0 fully saturated rings. The third kappa shape index (κ3) is 1.86. The van der Waals surface area contributed by atoms with E-state index >= 15 is 0 Å². The molecule has 0 unspecified atom stereocenters. The van der Waals surface area contributed by atoms with Gasteiger partial charge in [-0.15, -0.1) is 0 Å². The van der Waals surface area contributed by atoms with Crippen molar-refractivity contribution in [1.82, 2.24) is 9.55 Å². The molecular formula is C11H12N2O2S. The van der Waals surface area contributed by atoms with Gasteiger partial charge < -0.3 is 9.40 Å². The van der Waals surface area contributed by atoms with Crippen LogP contribution in [0, 0.1) is 18.6 Å². The predicted octanol–water partition coefficient (Wildman–Crippen LogP) is 2.16. The van der Waals surface area contributed by atoms with Gasteiger partial charge in [0.2, 0.25) is 0 Å². The summed E-state index contributed by atoms with van der Waals surface area (Å²) in [5.41, 5.74) is 1.42. The first-order valence-corrected chi connectivity index (χ1v) is 5.33. The lowest BCUT2D eigenvalue weighted by molar-refractivity contribution is 0.485. The minimum atomic E-state index is -0.0716. The Balaban J connectivity index is 2.54. The van der Waals surface area contributed by atoms with Crippen molar-refractivity contribution in [3.8, 4) is 0 Å². The van der Waals surface area contributed by atoms with E-state index < -0.39 is 0 Å². The zero-order chi connectivity index (χ0) is 11.7. The number of hydrogen-bond acceptors (Lipinski definition) is 3. The second kappa shape index (κ2) is 4.09. The van der Waals surface area contributed by atoms with E-state index in [0.29, 0.717) is 22.6 Å². The summed E-state index contributed by atoms with van der Waals surface area (Å²) >= 11 is 5.13. The summed E-state index contributed by atoms with van der Waals surface area (Å²) in [5.74, 6) is 0.713. The average molecular weight is 236 g/mol. The third-order valence-electron chi connectivity index (χ3n) is 2.56. The van der Waals surface area contributed by atoms with E-state index in [-0.39, 0.29) is 5.56 Å². The van der Waals surface area contributed by atoms with Crippen LogP contribution in [0.15, 0.2) is 27.6 Å². The van der Waals surface area contributed by atoms with Gasteiger partial charge in [-0.1, -0.05) is 0 Å². The lowest BCUT2D eigenvalue weighted by Crippen LogP contribution is -2.25. The smallest absolute Gasteiger partial charge is 0.257 e. The van der Waals surface area contributed by atoms with Crippen LogP contribution in [0.1, 0.15) is 17.0 Å². The molecule has 84 valence electrons. The number of aromatic nitrogens is 2. The average Bonchev–Trinajstić information content (AvgIpc) is 2.74. The van der Waals surface area contributed by atoms with Gasteiger partial charge in [0.25, 0.3) is 5.56 Å². The number of aromatic amines is 1. The number of rotatable bonds is 2. The molecule has 0 aliphatic carbocycles. The lowest BCUT2D eigenvalue weighted by Gasteiger charge is -2.07. The van der Waals surface area contributed by atoms with Gasteiger partial charge >= 0.3 is 0 Å². The van der Waals surface area contributed by atoms with Crippen molar-refractivity contribution < 1.29 is 4.42 Å². The highest BCUT2D eigenvalue weighted by Gasteiger charge is 2.07. The van der Waals surface area contributed by atoms with Crippen LogP contribution in [0.4, 0.5) is 0 Å². The Bertz CT molecular complexity index is 608. The Labute approximate surface area is 97.5 Å². The highest BCUT2D eigenvalue weighted by molar-refractivity contribution is 7.71. The molecule has 2 aromatic heterocycles. The van der Waals surface area contributed by atoms with Crippen molar-refractivity contribution in [2.45, 2.75) is 20.4 Å². The summed E-state index contributed by atoms with van der Waals surface area (Å²) in [6, 6.07) is 3.60. The Morgan fingerprint density at radius 3 is 2.88 bits per heavy atom. The Kier molecular flexibility index (Phi) is 2.78. The molecule has 2 aromatic rings. The van der Waals surface area contributed by atoms with Crippen molar-refractivity contribution in [1.29, 1.82) is 0 Å². The van der Waals surface area contributed by atoms with Crippen LogP contribution in [-0.4, -0.2) is 9.55 Å². The maximum Gasteiger partial charge on any atom is 0.257 e. The van der Waals surface area contributed by atoms with Crippen LogP contribution in [0.25, 0.3) is 0 Å². The maximum absolute atomic E-state index is 12.0. The molecule has 0 saturated carbocycles. The largest absolute Gasteiger partial charge is 0.467 e. The molecule has 0 saturated heterocycles. The number of nitrogens with one attached hydrogen (secondary N) is 1. The molecule has 0 aliphatic rings. The van der Waals surface area contributed by atoms with Crippen LogP contribution in [-0.2, 0) is 6.54 Å². The van der Waals surface area contributed by atoms with Crippen LogP contribution < -0.4 is 5.56 Å². The summed E-state index contributed by atoms with van der Waals surface area (Å²) in [6.07, 6.45) is 1.58. The molecule has 1 N–H and O–H groups in total. The van der Waals surface area contributed by atoms with Gasteiger partial charge in [-0.05, 0) is 38.2 Å². The van der Waals surface area contributed by atoms with E-state index in [1.165, 1.54) is 4.57 Å². The number of furan rings is 1. The molecule has 2 rings (SSSR count). The van der Waals surface area contributed by atoms with Gasteiger partial charge in [0.1, 0.15) is 5.76 Å². The van der Waals surface area contributed by atoms with E-state index in [9.17, 15) is 4.79 Å². The molecule has 0 bridgehead atoms. The minimum absolute atomic E-state index is 0.0716. The van der Waals surface area contributed by atoms with E-state index in [4.69, 9.17) is 16.6 Å². The quantitative estimate of drug-likeness (QED) is 0.813. The van der Waals surface area contributed by atoms with Crippen molar-refractivity contribution in [2.75, 3.05) is 0 Å². The molecule has 0 aliphatic heterocycles. The van der Waals surface area contributed by atoms with Crippen molar-refractivity contribution in [3.63, 3.8) is 0 Å². The van der Waals surface area contributed by atoms with Crippen LogP contribution in [0.2, 0.25) is 0 Å². The molecule has 0 atom stereocenters. The van der Waals surface area contributed by atoms with Crippen molar-refractivity contribution in [2.24, 2.45) is 0 Å². The van der Waals surface area contributed by atoms with Crippen molar-refractivity contribution in [3.05, 3.63) is 50.5 Å². The molecule has 4 nitrogen and oxygen atoms in total. The van der Waals surface area contributed by atoms with Crippen LogP contribution in [0.5, 0.6) is 0 Å². The standard InChI is InChI=1S/C11H12N2O2S/c1-7-8(2)12-11(16)13(10(7)14)6-9-4-3-5-15-9/h3-5H,6H2,1-2H3,(H,12,16). The van der Waals surface area contributed by atoms with Gasteiger partial charge in [0, 0.05) is 11.3 Å². The van der Waals surface area contributed by atoms with Gasteiger partial charge in [0.15, 0.2) is 4.77 Å². The summed E-state index contributed by atoms with van der Waals surface area (Å²) in [5, 5.41) is 0. The first kappa shape index (κ1) is 10.9. The van der Waals surface area contributed by atoms with E-state index in [1.54, 1.807) is 19.3 Å². The van der Waals surface area contributed by atoms with Crippen molar-refractivity contribution >= 4 is 12.2 Å². The molecule has 2 heterocycles. The highest BCUT2D eigenvalue weighted by atomic mass is 32.1. The van der Waals surface area contributed by atoms with Gasteiger partial charge in [-0.2, -0.15) is 0 Å². The highest BCUT2D eigenvalue weighted by Crippen LogP contribution is 2.03. The predicted molar refractivity (Wildman–Crippen MR) is 63.2 cm³/mol. The minimum Gasteiger partial charge on any atom is -0.467 e. The molecule has 0 aromatic carbocycles.